The third-order valence-corrected chi connectivity index (χ3v) is 0.258. The molecule has 22 heavy (non-hydrogen) atoms. The number of rotatable bonds is 2. The monoisotopic (exact) mass is 378 g/mol. The van der Waals surface area contributed by atoms with Crippen LogP contribution in [0.25, 0.3) is 0 Å². The summed E-state index contributed by atoms with van der Waals surface area (Å²) in [6.45, 7) is 8.67. The topological polar surface area (TPSA) is 173 Å². The van der Waals surface area contributed by atoms with Gasteiger partial charge >= 0.3 is 0 Å². The molecular weight excluding hydrogens is 339 g/mol. The van der Waals surface area contributed by atoms with Gasteiger partial charge in [0.05, 0.1) is 13.2 Å². The highest BCUT2D eigenvalue weighted by Gasteiger charge is 1.56. The lowest BCUT2D eigenvalue weighted by Crippen LogP contribution is -2.02. The van der Waals surface area contributed by atoms with Crippen molar-refractivity contribution < 1.29 is 30.6 Å². The molecule has 10 N–H and O–H groups in total. The lowest BCUT2D eigenvalue weighted by molar-refractivity contribution is 0.306. The molecule has 0 saturated heterocycles. The summed E-state index contributed by atoms with van der Waals surface area (Å²) in [7, 11) is 0. The molecule has 0 aliphatic carbocycles. The largest absolute Gasteiger partial charge is 0.397 e. The van der Waals surface area contributed by atoms with E-state index in [9.17, 15) is 0 Å². The summed E-state index contributed by atoms with van der Waals surface area (Å²) in [5, 5.41) is 45.8. The highest BCUT2D eigenvalue weighted by Crippen LogP contribution is 1.33. The molecule has 0 fully saturated rings. The van der Waals surface area contributed by atoms with Crippen molar-refractivity contribution in [1.29, 1.82) is 0 Å². The van der Waals surface area contributed by atoms with E-state index in [2.05, 4.69) is 0 Å². The molecule has 0 rings (SSSR count). The second kappa shape index (κ2) is 128. The molecule has 0 bridgehead atoms. The van der Waals surface area contributed by atoms with Crippen molar-refractivity contribution in [2.75, 3.05) is 52.7 Å². The molecule has 10 heteroatoms. The van der Waals surface area contributed by atoms with Gasteiger partial charge in [0.2, 0.25) is 0 Å². The van der Waals surface area contributed by atoms with Gasteiger partial charge in [0.25, 0.3) is 0 Å². The summed E-state index contributed by atoms with van der Waals surface area (Å²) in [6, 6.07) is 0. The molecule has 0 aliphatic rings. The average molecular weight is 379 g/mol. The quantitative estimate of drug-likeness (QED) is 0.293. The average Bonchev–Trinajstić information content (AvgIpc) is 2.42. The molecule has 0 radical (unpaired) electrons. The lowest BCUT2D eigenvalue weighted by atomic mass is 10.8. The Morgan fingerprint density at radius 3 is 0.545 bits per heavy atom. The zero-order valence-corrected chi connectivity index (χ0v) is 15.9. The number of hydrogen-bond donors (Lipinski definition) is 8. The second-order valence-electron chi connectivity index (χ2n) is 2.29. The van der Waals surface area contributed by atoms with Crippen molar-refractivity contribution in [3.63, 3.8) is 0 Å². The smallest absolute Gasteiger partial charge is 0.0553 e. The second-order valence-corrected chi connectivity index (χ2v) is 2.29. The fourth-order valence-corrected chi connectivity index (χ4v) is 0. The molecule has 0 amide bonds. The van der Waals surface area contributed by atoms with Crippen molar-refractivity contribution in [3.8, 4) is 0 Å². The Labute approximate surface area is 148 Å². The van der Waals surface area contributed by atoms with E-state index in [0.29, 0.717) is 13.1 Å². The fourth-order valence-electron chi connectivity index (χ4n) is 0. The van der Waals surface area contributed by atoms with E-state index in [0.717, 1.165) is 0 Å². The van der Waals surface area contributed by atoms with Crippen molar-refractivity contribution in [2.24, 2.45) is 11.5 Å². The Balaban J connectivity index is -0.0000000176. The van der Waals surface area contributed by atoms with Crippen molar-refractivity contribution in [1.82, 2.24) is 0 Å². The Kier molecular flexibility index (Phi) is 288. The lowest BCUT2D eigenvalue weighted by Gasteiger charge is -1.71. The van der Waals surface area contributed by atoms with Crippen molar-refractivity contribution in [2.45, 2.75) is 27.7 Å². The van der Waals surface area contributed by atoms with Gasteiger partial charge in [-0.2, -0.15) is 0 Å². The van der Waals surface area contributed by atoms with Crippen LogP contribution in [0, 0.1) is 0 Å². The summed E-state index contributed by atoms with van der Waals surface area (Å²) >= 11 is 0. The Morgan fingerprint density at radius 2 is 0.545 bits per heavy atom. The standard InChI is InChI=1S/2C2H7NO.4C2H6O.2ClH/c2*3-1-2-4;4*1-2-3;;/h2*4H,1-3H2;4*3H,2H2,1H3;2*1H. The van der Waals surface area contributed by atoms with Gasteiger partial charge < -0.3 is 42.1 Å². The van der Waals surface area contributed by atoms with Crippen LogP contribution in [0.1, 0.15) is 27.7 Å². The zero-order chi connectivity index (χ0) is 17.7. The van der Waals surface area contributed by atoms with Crippen LogP contribution < -0.4 is 11.5 Å². The maximum atomic E-state index is 7.75. The van der Waals surface area contributed by atoms with Crippen LogP contribution >= 0.6 is 24.8 Å². The Hall–Kier alpha value is 0.260. The number of halogens is 2. The minimum Gasteiger partial charge on any atom is -0.397 e. The fraction of sp³-hybridized carbons (Fsp3) is 1.00. The van der Waals surface area contributed by atoms with E-state index in [1.807, 2.05) is 0 Å². The molecule has 0 aromatic rings. The first-order valence-corrected chi connectivity index (χ1v) is 6.54. The molecule has 0 heterocycles. The zero-order valence-electron chi connectivity index (χ0n) is 14.3. The molecule has 8 nitrogen and oxygen atoms in total. The van der Waals surface area contributed by atoms with Crippen LogP contribution in [0.2, 0.25) is 0 Å². The first-order chi connectivity index (χ1) is 9.49. The summed E-state index contributed by atoms with van der Waals surface area (Å²) in [5.74, 6) is 0. The van der Waals surface area contributed by atoms with Crippen molar-refractivity contribution in [3.05, 3.63) is 0 Å². The molecule has 0 saturated carbocycles. The van der Waals surface area contributed by atoms with Gasteiger partial charge in [0, 0.05) is 39.5 Å². The van der Waals surface area contributed by atoms with Crippen LogP contribution in [0.3, 0.4) is 0 Å². The maximum Gasteiger partial charge on any atom is 0.0553 e. The SMILES string of the molecule is CCO.CCO.CCO.CCO.Cl.Cl.NCCO.NCCO. The number of nitrogens with two attached hydrogens (primary N) is 2. The first-order valence-electron chi connectivity index (χ1n) is 6.54. The predicted octanol–water partition coefficient (Wildman–Crippen LogP) is -1.29. The number of aliphatic hydroxyl groups excluding tert-OH is 6. The molecule has 0 atom stereocenters. The molecular formula is C12H40Cl2N2O6. The molecule has 0 aromatic carbocycles. The summed E-state index contributed by atoms with van der Waals surface area (Å²) in [5.41, 5.74) is 9.56. The third kappa shape index (κ3) is 1470. The summed E-state index contributed by atoms with van der Waals surface area (Å²) in [4.78, 5) is 0. The van der Waals surface area contributed by atoms with Crippen LogP contribution in [0.15, 0.2) is 0 Å². The summed E-state index contributed by atoms with van der Waals surface area (Å²) in [6.07, 6.45) is 0. The predicted molar refractivity (Wildman–Crippen MR) is 97.8 cm³/mol. The van der Waals surface area contributed by atoms with E-state index in [1.165, 1.54) is 0 Å². The highest BCUT2D eigenvalue weighted by atomic mass is 35.5. The molecule has 148 valence electrons. The van der Waals surface area contributed by atoms with Gasteiger partial charge in [-0.25, -0.2) is 0 Å². The first kappa shape index (κ1) is 49.5. The number of aliphatic hydroxyl groups is 6. The summed E-state index contributed by atoms with van der Waals surface area (Å²) < 4.78 is 0. The van der Waals surface area contributed by atoms with E-state index >= 15 is 0 Å². The highest BCUT2D eigenvalue weighted by molar-refractivity contribution is 5.85. The van der Waals surface area contributed by atoms with E-state index in [1.54, 1.807) is 27.7 Å². The van der Waals surface area contributed by atoms with E-state index < -0.39 is 0 Å². The normalized spacial score (nSPS) is 6.00. The molecule has 0 spiro atoms. The maximum absolute atomic E-state index is 7.75. The number of hydrogen-bond acceptors (Lipinski definition) is 8. The van der Waals surface area contributed by atoms with Gasteiger partial charge in [-0.15, -0.1) is 24.8 Å². The molecule has 0 aliphatic heterocycles. The van der Waals surface area contributed by atoms with Crippen LogP contribution in [-0.2, 0) is 0 Å². The Morgan fingerprint density at radius 1 is 0.500 bits per heavy atom. The molecule has 0 aromatic heterocycles. The van der Waals surface area contributed by atoms with Crippen LogP contribution in [0.5, 0.6) is 0 Å². The van der Waals surface area contributed by atoms with Gasteiger partial charge in [0.15, 0.2) is 0 Å². The van der Waals surface area contributed by atoms with Gasteiger partial charge in [-0.05, 0) is 27.7 Å². The van der Waals surface area contributed by atoms with Crippen LogP contribution in [0.4, 0.5) is 0 Å². The van der Waals surface area contributed by atoms with Crippen LogP contribution in [-0.4, -0.2) is 83.4 Å². The minimum absolute atomic E-state index is 0. The van der Waals surface area contributed by atoms with E-state index in [4.69, 9.17) is 42.1 Å². The van der Waals surface area contributed by atoms with Gasteiger partial charge in [0.1, 0.15) is 0 Å². The van der Waals surface area contributed by atoms with Gasteiger partial charge in [-0.3, -0.25) is 0 Å². The Bertz CT molecular complexity index is 67.6. The van der Waals surface area contributed by atoms with E-state index in [-0.39, 0.29) is 64.5 Å². The van der Waals surface area contributed by atoms with Crippen molar-refractivity contribution >= 4 is 24.8 Å². The van der Waals surface area contributed by atoms with Gasteiger partial charge in [-0.1, -0.05) is 0 Å². The third-order valence-electron chi connectivity index (χ3n) is 0.258. The molecule has 0 unspecified atom stereocenters. The minimum atomic E-state index is 0.